The van der Waals surface area contributed by atoms with Crippen LogP contribution in [0.5, 0.6) is 0 Å². The van der Waals surface area contributed by atoms with Gasteiger partial charge in [-0.25, -0.2) is 4.79 Å². The number of nitrogens with zero attached hydrogens (tertiary/aromatic N) is 2. The predicted octanol–water partition coefficient (Wildman–Crippen LogP) is 1.31. The fraction of sp³-hybridized carbons (Fsp3) is 0.929. The van der Waals surface area contributed by atoms with Crippen molar-refractivity contribution in [2.24, 2.45) is 5.92 Å². The zero-order chi connectivity index (χ0) is 14.0. The van der Waals surface area contributed by atoms with Crippen molar-refractivity contribution in [1.29, 1.82) is 0 Å². The Balaban J connectivity index is 1.87. The number of piperidine rings is 1. The molecule has 2 aliphatic rings. The van der Waals surface area contributed by atoms with Gasteiger partial charge in [0, 0.05) is 38.8 Å². The van der Waals surface area contributed by atoms with Gasteiger partial charge in [0.25, 0.3) is 0 Å². The van der Waals surface area contributed by atoms with Gasteiger partial charge < -0.3 is 14.7 Å². The number of carbonyl (C=O) groups is 1. The Morgan fingerprint density at radius 1 is 1.26 bits per heavy atom. The van der Waals surface area contributed by atoms with E-state index in [1.165, 1.54) is 0 Å². The third-order valence-corrected chi connectivity index (χ3v) is 3.92. The molecular formula is C14H26N2O3. The second-order valence-corrected chi connectivity index (χ2v) is 6.70. The van der Waals surface area contributed by atoms with Crippen LogP contribution in [0.1, 0.15) is 33.6 Å². The summed E-state index contributed by atoms with van der Waals surface area (Å²) in [4.78, 5) is 16.3. The van der Waals surface area contributed by atoms with Gasteiger partial charge in [0.05, 0.1) is 0 Å². The summed E-state index contributed by atoms with van der Waals surface area (Å²) >= 11 is 0. The molecule has 1 unspecified atom stereocenters. The van der Waals surface area contributed by atoms with Gasteiger partial charge in [0.1, 0.15) is 5.60 Å². The number of amides is 1. The quantitative estimate of drug-likeness (QED) is 0.780. The van der Waals surface area contributed by atoms with Gasteiger partial charge in [-0.1, -0.05) is 0 Å². The monoisotopic (exact) mass is 270 g/mol. The largest absolute Gasteiger partial charge is 0.444 e. The van der Waals surface area contributed by atoms with E-state index in [-0.39, 0.29) is 12.7 Å². The van der Waals surface area contributed by atoms with Crippen LogP contribution in [0.3, 0.4) is 0 Å². The summed E-state index contributed by atoms with van der Waals surface area (Å²) in [5, 5.41) is 9.24. The topological polar surface area (TPSA) is 53.0 Å². The maximum atomic E-state index is 12.1. The van der Waals surface area contributed by atoms with Gasteiger partial charge in [-0.05, 0) is 39.5 Å². The van der Waals surface area contributed by atoms with Crippen LogP contribution in [-0.4, -0.2) is 65.4 Å². The Morgan fingerprint density at radius 2 is 2.00 bits per heavy atom. The summed E-state index contributed by atoms with van der Waals surface area (Å²) < 4.78 is 5.43. The average Bonchev–Trinajstić information content (AvgIpc) is 2.35. The molecule has 0 aromatic rings. The van der Waals surface area contributed by atoms with Crippen molar-refractivity contribution in [2.75, 3.05) is 32.8 Å². The second-order valence-electron chi connectivity index (χ2n) is 6.70. The molecule has 110 valence electrons. The maximum absolute atomic E-state index is 12.1. The number of piperazine rings is 1. The Hall–Kier alpha value is -0.810. The van der Waals surface area contributed by atoms with Crippen molar-refractivity contribution in [3.8, 4) is 0 Å². The first-order valence-corrected chi connectivity index (χ1v) is 7.22. The first-order chi connectivity index (χ1) is 8.89. The van der Waals surface area contributed by atoms with E-state index in [1.807, 2.05) is 25.7 Å². The minimum Gasteiger partial charge on any atom is -0.444 e. The van der Waals surface area contributed by atoms with Crippen LogP contribution in [0.2, 0.25) is 0 Å². The molecule has 0 saturated carbocycles. The first-order valence-electron chi connectivity index (χ1n) is 7.22. The zero-order valence-corrected chi connectivity index (χ0v) is 12.3. The number of hydrogen-bond donors (Lipinski definition) is 1. The lowest BCUT2D eigenvalue weighted by Gasteiger charge is -2.46. The van der Waals surface area contributed by atoms with Crippen LogP contribution in [0.15, 0.2) is 0 Å². The fourth-order valence-corrected chi connectivity index (χ4v) is 2.90. The van der Waals surface area contributed by atoms with Crippen molar-refractivity contribution in [1.82, 2.24) is 9.80 Å². The van der Waals surface area contributed by atoms with E-state index in [0.29, 0.717) is 12.0 Å². The molecule has 0 bridgehead atoms. The molecule has 1 N–H and O–H groups in total. The molecule has 19 heavy (non-hydrogen) atoms. The van der Waals surface area contributed by atoms with Gasteiger partial charge >= 0.3 is 6.09 Å². The highest BCUT2D eigenvalue weighted by Gasteiger charge is 2.35. The first kappa shape index (κ1) is 14.6. The van der Waals surface area contributed by atoms with Crippen LogP contribution in [-0.2, 0) is 4.74 Å². The molecule has 2 rings (SSSR count). The van der Waals surface area contributed by atoms with Gasteiger partial charge in [-0.2, -0.15) is 0 Å². The fourth-order valence-electron chi connectivity index (χ4n) is 2.90. The highest BCUT2D eigenvalue weighted by atomic mass is 16.6. The number of fused-ring (bicyclic) bond motifs is 1. The molecule has 2 atom stereocenters. The highest BCUT2D eigenvalue weighted by molar-refractivity contribution is 5.68. The maximum Gasteiger partial charge on any atom is 0.410 e. The summed E-state index contributed by atoms with van der Waals surface area (Å²) in [5.41, 5.74) is -0.428. The number of ether oxygens (including phenoxy) is 1. The lowest BCUT2D eigenvalue weighted by atomic mass is 9.92. The van der Waals surface area contributed by atoms with E-state index in [4.69, 9.17) is 4.74 Å². The third-order valence-electron chi connectivity index (χ3n) is 3.92. The third kappa shape index (κ3) is 3.83. The molecule has 2 aliphatic heterocycles. The highest BCUT2D eigenvalue weighted by Crippen LogP contribution is 2.25. The molecule has 0 aliphatic carbocycles. The normalized spacial score (nSPS) is 28.9. The molecule has 1 amide bonds. The molecule has 2 heterocycles. The molecular weight excluding hydrogens is 244 g/mol. The van der Waals surface area contributed by atoms with Crippen LogP contribution in [0, 0.1) is 5.92 Å². The van der Waals surface area contributed by atoms with E-state index in [9.17, 15) is 9.90 Å². The minimum absolute atomic E-state index is 0.198. The molecule has 2 fully saturated rings. The smallest absolute Gasteiger partial charge is 0.410 e. The number of aliphatic hydroxyl groups is 1. The van der Waals surface area contributed by atoms with Gasteiger partial charge in [0.15, 0.2) is 0 Å². The van der Waals surface area contributed by atoms with Gasteiger partial charge in [-0.3, -0.25) is 4.90 Å². The lowest BCUT2D eigenvalue weighted by molar-refractivity contribution is -0.0132. The van der Waals surface area contributed by atoms with Crippen molar-refractivity contribution in [3.05, 3.63) is 0 Å². The van der Waals surface area contributed by atoms with Crippen LogP contribution in [0.25, 0.3) is 0 Å². The zero-order valence-electron chi connectivity index (χ0n) is 12.3. The number of carbonyl (C=O) groups excluding carboxylic acids is 1. The molecule has 2 saturated heterocycles. The second kappa shape index (κ2) is 5.67. The standard InChI is InChI=1S/C14H26N2O3/c1-14(2,3)19-13(18)16-7-6-15-8-11(10-17)4-5-12(15)9-16/h11-12,17H,4-10H2,1-3H3/t11-,12?/m1/s1. The van der Waals surface area contributed by atoms with Crippen molar-refractivity contribution in [3.63, 3.8) is 0 Å². The van der Waals surface area contributed by atoms with E-state index in [2.05, 4.69) is 4.90 Å². The van der Waals surface area contributed by atoms with Crippen molar-refractivity contribution < 1.29 is 14.6 Å². The van der Waals surface area contributed by atoms with Crippen molar-refractivity contribution in [2.45, 2.75) is 45.3 Å². The van der Waals surface area contributed by atoms with Gasteiger partial charge in [-0.15, -0.1) is 0 Å². The molecule has 0 aromatic heterocycles. The average molecular weight is 270 g/mol. The summed E-state index contributed by atoms with van der Waals surface area (Å²) in [7, 11) is 0. The molecule has 0 spiro atoms. The summed E-state index contributed by atoms with van der Waals surface area (Å²) in [5.74, 6) is 0.407. The number of hydrogen-bond acceptors (Lipinski definition) is 4. The Bertz CT molecular complexity index is 327. The van der Waals surface area contributed by atoms with Crippen LogP contribution < -0.4 is 0 Å². The summed E-state index contributed by atoms with van der Waals surface area (Å²) in [6.07, 6.45) is 1.92. The van der Waals surface area contributed by atoms with Gasteiger partial charge in [0.2, 0.25) is 0 Å². The van der Waals surface area contributed by atoms with E-state index in [0.717, 1.165) is 39.0 Å². The predicted molar refractivity (Wildman–Crippen MR) is 73.0 cm³/mol. The van der Waals surface area contributed by atoms with Crippen LogP contribution in [0.4, 0.5) is 4.79 Å². The van der Waals surface area contributed by atoms with E-state index < -0.39 is 5.60 Å². The molecule has 5 heteroatoms. The van der Waals surface area contributed by atoms with E-state index >= 15 is 0 Å². The molecule has 0 aromatic carbocycles. The Morgan fingerprint density at radius 3 is 2.63 bits per heavy atom. The summed E-state index contributed by atoms with van der Waals surface area (Å²) in [6, 6.07) is 0.434. The Kier molecular flexibility index (Phi) is 4.36. The number of rotatable bonds is 1. The SMILES string of the molecule is CC(C)(C)OC(=O)N1CCN2C[C@H](CO)CCC2C1. The molecule has 0 radical (unpaired) electrons. The molecule has 5 nitrogen and oxygen atoms in total. The van der Waals surface area contributed by atoms with E-state index in [1.54, 1.807) is 0 Å². The summed E-state index contributed by atoms with van der Waals surface area (Å²) in [6.45, 7) is 9.30. The van der Waals surface area contributed by atoms with Crippen molar-refractivity contribution >= 4 is 6.09 Å². The number of aliphatic hydroxyl groups excluding tert-OH is 1. The Labute approximate surface area is 115 Å². The lowest BCUT2D eigenvalue weighted by Crippen LogP contribution is -2.58. The van der Waals surface area contributed by atoms with Crippen LogP contribution >= 0.6 is 0 Å². The minimum atomic E-state index is -0.428.